The van der Waals surface area contributed by atoms with Gasteiger partial charge >= 0.3 is 5.97 Å². The van der Waals surface area contributed by atoms with Crippen LogP contribution < -0.4 is 4.74 Å². The second-order valence-corrected chi connectivity index (χ2v) is 5.73. The van der Waals surface area contributed by atoms with Gasteiger partial charge in [-0.3, -0.25) is 24.7 Å². The van der Waals surface area contributed by atoms with Crippen LogP contribution in [0.4, 0.5) is 0 Å². The van der Waals surface area contributed by atoms with Gasteiger partial charge in [-0.05, 0) is 42.8 Å². The van der Waals surface area contributed by atoms with Gasteiger partial charge in [-0.25, -0.2) is 0 Å². The minimum absolute atomic E-state index is 0.0590. The third-order valence-electron chi connectivity index (χ3n) is 4.06. The molecule has 0 N–H and O–H groups in total. The maximum absolute atomic E-state index is 13.1. The van der Waals surface area contributed by atoms with Crippen molar-refractivity contribution in [2.45, 2.75) is 12.8 Å². The molecule has 1 aromatic carbocycles. The number of hydrogen-bond donors (Lipinski definition) is 0. The number of rotatable bonds is 9. The molecule has 0 aliphatic rings. The highest BCUT2D eigenvalue weighted by atomic mass is 16.6. The Morgan fingerprint density at radius 3 is 2.44 bits per heavy atom. The van der Waals surface area contributed by atoms with E-state index in [4.69, 9.17) is 9.47 Å². The molecule has 2 atom stereocenters. The summed E-state index contributed by atoms with van der Waals surface area (Å²) in [6.07, 6.45) is 2.93. The molecule has 2 unspecified atom stereocenters. The number of Topliss-reactive ketones (excluding diaryl/α,β-unsaturated/α-hetero) is 1. The number of ketones is 1. The molecule has 0 fully saturated rings. The number of nitro groups is 1. The van der Waals surface area contributed by atoms with E-state index in [0.717, 1.165) is 0 Å². The Labute approximate surface area is 156 Å². The maximum Gasteiger partial charge on any atom is 0.317 e. The molecule has 0 aliphatic carbocycles. The molecule has 1 aromatic heterocycles. The van der Waals surface area contributed by atoms with Crippen molar-refractivity contribution in [1.29, 1.82) is 0 Å². The molecule has 0 amide bonds. The van der Waals surface area contributed by atoms with Crippen molar-refractivity contribution in [2.24, 2.45) is 5.92 Å². The lowest BCUT2D eigenvalue weighted by Crippen LogP contribution is -2.35. The molecule has 0 radical (unpaired) electrons. The Morgan fingerprint density at radius 2 is 1.93 bits per heavy atom. The first-order chi connectivity index (χ1) is 13.0. The predicted octanol–water partition coefficient (Wildman–Crippen LogP) is 2.51. The van der Waals surface area contributed by atoms with E-state index < -0.39 is 35.1 Å². The molecule has 0 saturated carbocycles. The summed E-state index contributed by atoms with van der Waals surface area (Å²) in [5, 5.41) is 11.2. The van der Waals surface area contributed by atoms with Crippen molar-refractivity contribution in [3.8, 4) is 5.75 Å². The number of ether oxygens (including phenoxy) is 2. The smallest absolute Gasteiger partial charge is 0.317 e. The molecule has 0 spiro atoms. The Balaban J connectivity index is 2.47. The zero-order valence-electron chi connectivity index (χ0n) is 15.0. The molecule has 8 heteroatoms. The van der Waals surface area contributed by atoms with Gasteiger partial charge in [0, 0.05) is 22.9 Å². The highest BCUT2D eigenvalue weighted by Crippen LogP contribution is 2.29. The second-order valence-electron chi connectivity index (χ2n) is 5.73. The van der Waals surface area contributed by atoms with E-state index in [1.54, 1.807) is 31.2 Å². The first kappa shape index (κ1) is 20.0. The van der Waals surface area contributed by atoms with Crippen molar-refractivity contribution in [3.63, 3.8) is 0 Å². The lowest BCUT2D eigenvalue weighted by Gasteiger charge is -2.22. The largest absolute Gasteiger partial charge is 0.497 e. The zero-order valence-corrected chi connectivity index (χ0v) is 15.0. The molecule has 0 bridgehead atoms. The van der Waals surface area contributed by atoms with Gasteiger partial charge in [-0.15, -0.1) is 0 Å². The van der Waals surface area contributed by atoms with Gasteiger partial charge in [0.15, 0.2) is 5.78 Å². The molecular formula is C19H20N2O6. The van der Waals surface area contributed by atoms with Crippen LogP contribution in [0.1, 0.15) is 28.8 Å². The lowest BCUT2D eigenvalue weighted by atomic mass is 9.81. The van der Waals surface area contributed by atoms with Crippen molar-refractivity contribution in [3.05, 3.63) is 70.0 Å². The first-order valence-electron chi connectivity index (χ1n) is 8.34. The Morgan fingerprint density at radius 1 is 1.22 bits per heavy atom. The minimum Gasteiger partial charge on any atom is -0.497 e. The number of benzene rings is 1. The summed E-state index contributed by atoms with van der Waals surface area (Å²) in [5.41, 5.74) is 0.667. The first-order valence-corrected chi connectivity index (χ1v) is 8.34. The summed E-state index contributed by atoms with van der Waals surface area (Å²) in [6.45, 7) is 1.07. The van der Waals surface area contributed by atoms with Gasteiger partial charge in [0.05, 0.1) is 19.6 Å². The van der Waals surface area contributed by atoms with Crippen molar-refractivity contribution in [2.75, 3.05) is 20.3 Å². The summed E-state index contributed by atoms with van der Waals surface area (Å²) in [7, 11) is 1.49. The third kappa shape index (κ3) is 5.10. The molecular weight excluding hydrogens is 352 g/mol. The van der Waals surface area contributed by atoms with E-state index in [1.807, 2.05) is 0 Å². The fourth-order valence-corrected chi connectivity index (χ4v) is 2.78. The number of esters is 1. The van der Waals surface area contributed by atoms with Gasteiger partial charge in [0.1, 0.15) is 11.7 Å². The molecule has 2 aromatic rings. The minimum atomic E-state index is -1.35. The van der Waals surface area contributed by atoms with Gasteiger partial charge in [-0.1, -0.05) is 6.07 Å². The molecule has 0 aliphatic heterocycles. The van der Waals surface area contributed by atoms with E-state index in [2.05, 4.69) is 4.98 Å². The number of hydrogen-bond acceptors (Lipinski definition) is 7. The van der Waals surface area contributed by atoms with Crippen LogP contribution in [0.3, 0.4) is 0 Å². The summed E-state index contributed by atoms with van der Waals surface area (Å²) in [6, 6.07) is 9.40. The van der Waals surface area contributed by atoms with E-state index >= 15 is 0 Å². The second kappa shape index (κ2) is 9.42. The summed E-state index contributed by atoms with van der Waals surface area (Å²) >= 11 is 0. The molecule has 1 heterocycles. The van der Waals surface area contributed by atoms with Crippen molar-refractivity contribution < 1.29 is 24.0 Å². The summed E-state index contributed by atoms with van der Waals surface area (Å²) in [4.78, 5) is 40.3. The van der Waals surface area contributed by atoms with Crippen LogP contribution in [0.2, 0.25) is 0 Å². The predicted molar refractivity (Wildman–Crippen MR) is 96.3 cm³/mol. The third-order valence-corrected chi connectivity index (χ3v) is 4.06. The number of carbonyl (C=O) groups excluding carboxylic acids is 2. The molecule has 8 nitrogen and oxygen atoms in total. The van der Waals surface area contributed by atoms with E-state index in [-0.39, 0.29) is 12.2 Å². The number of pyridine rings is 1. The fraction of sp³-hybridized carbons (Fsp3) is 0.316. The lowest BCUT2D eigenvalue weighted by molar-refractivity contribution is -0.484. The topological polar surface area (TPSA) is 109 Å². The molecule has 0 saturated heterocycles. The van der Waals surface area contributed by atoms with Gasteiger partial charge in [-0.2, -0.15) is 0 Å². The van der Waals surface area contributed by atoms with Crippen molar-refractivity contribution in [1.82, 2.24) is 4.98 Å². The highest BCUT2D eigenvalue weighted by Gasteiger charge is 2.40. The van der Waals surface area contributed by atoms with E-state index in [0.29, 0.717) is 11.3 Å². The normalized spacial score (nSPS) is 12.7. The standard InChI is InChI=1S/C19H20N2O6/c1-3-27-19(23)17(18(22)13-6-8-15(26-2)9-7-13)16(12-21(24)25)14-5-4-10-20-11-14/h4-11,16-17H,3,12H2,1-2H3. The van der Waals surface area contributed by atoms with Crippen LogP contribution in [0.15, 0.2) is 48.8 Å². The van der Waals surface area contributed by atoms with Gasteiger partial charge in [0.2, 0.25) is 6.54 Å². The Kier molecular flexibility index (Phi) is 6.99. The van der Waals surface area contributed by atoms with Gasteiger partial charge in [0.25, 0.3) is 0 Å². The van der Waals surface area contributed by atoms with Gasteiger partial charge < -0.3 is 9.47 Å². The van der Waals surface area contributed by atoms with Crippen LogP contribution in [-0.4, -0.2) is 41.9 Å². The van der Waals surface area contributed by atoms with Crippen LogP contribution in [0.25, 0.3) is 0 Å². The number of aromatic nitrogens is 1. The molecule has 2 rings (SSSR count). The van der Waals surface area contributed by atoms with Crippen molar-refractivity contribution >= 4 is 11.8 Å². The summed E-state index contributed by atoms with van der Waals surface area (Å²) in [5.74, 6) is -3.15. The van der Waals surface area contributed by atoms with Crippen LogP contribution in [-0.2, 0) is 9.53 Å². The van der Waals surface area contributed by atoms with Crippen LogP contribution in [0, 0.1) is 16.0 Å². The number of carbonyl (C=O) groups is 2. The summed E-state index contributed by atoms with van der Waals surface area (Å²) < 4.78 is 10.1. The van der Waals surface area contributed by atoms with E-state index in [9.17, 15) is 19.7 Å². The Bertz CT molecular complexity index is 792. The zero-order chi connectivity index (χ0) is 19.8. The Hall–Kier alpha value is -3.29. The van der Waals surface area contributed by atoms with Crippen LogP contribution >= 0.6 is 0 Å². The SMILES string of the molecule is CCOC(=O)C(C(=O)c1ccc(OC)cc1)C(C[N+](=O)[O-])c1cccnc1. The average Bonchev–Trinajstić information content (AvgIpc) is 2.68. The maximum atomic E-state index is 13.1. The number of nitrogens with zero attached hydrogens (tertiary/aromatic N) is 2. The molecule has 142 valence electrons. The molecule has 27 heavy (non-hydrogen) atoms. The monoisotopic (exact) mass is 372 g/mol. The highest BCUT2D eigenvalue weighted by molar-refractivity contribution is 6.09. The van der Waals surface area contributed by atoms with Crippen LogP contribution in [0.5, 0.6) is 5.75 Å². The quantitative estimate of drug-likeness (QED) is 0.219. The average molecular weight is 372 g/mol. The fourth-order valence-electron chi connectivity index (χ4n) is 2.78. The number of methoxy groups -OCH3 is 1. The van der Waals surface area contributed by atoms with E-state index in [1.165, 1.54) is 31.6 Å².